The average Bonchev–Trinajstić information content (AvgIpc) is 2.42. The van der Waals surface area contributed by atoms with Gasteiger partial charge in [0.15, 0.2) is 0 Å². The molecule has 1 aromatic rings. The first kappa shape index (κ1) is 15.2. The van der Waals surface area contributed by atoms with Gasteiger partial charge in [0.1, 0.15) is 0 Å². The van der Waals surface area contributed by atoms with E-state index >= 15 is 0 Å². The summed E-state index contributed by atoms with van der Waals surface area (Å²) in [6.45, 7) is 0. The molecule has 0 saturated heterocycles. The molecule has 0 atom stereocenters. The molecule has 0 aliphatic heterocycles. The van der Waals surface area contributed by atoms with Gasteiger partial charge >= 0.3 is 0 Å². The van der Waals surface area contributed by atoms with Gasteiger partial charge in [-0.15, -0.1) is 0 Å². The number of hydrogen-bond donors (Lipinski definition) is 0. The van der Waals surface area contributed by atoms with Gasteiger partial charge in [-0.25, -0.2) is 0 Å². The third-order valence-corrected chi connectivity index (χ3v) is 2.86. The lowest BCUT2D eigenvalue weighted by molar-refractivity contribution is -0.123. The quantitative estimate of drug-likeness (QED) is 0.415. The summed E-state index contributed by atoms with van der Waals surface area (Å²) in [5, 5.41) is 0. The van der Waals surface area contributed by atoms with E-state index in [2.05, 4.69) is 30.3 Å². The standard InChI is InChI=1S/C17H23NO/c1-18(2)17(19)15-11-6-4-3-5-8-12-16-13-9-7-10-14-16/h4,6-7,9-11,13-15H,3,5,8,12H2,1-2H3. The minimum Gasteiger partial charge on any atom is -0.345 e. The number of rotatable bonds is 7. The van der Waals surface area contributed by atoms with Crippen LogP contribution >= 0.6 is 0 Å². The third kappa shape index (κ3) is 7.24. The van der Waals surface area contributed by atoms with Crippen LogP contribution in [0.3, 0.4) is 0 Å². The zero-order valence-corrected chi connectivity index (χ0v) is 11.9. The van der Waals surface area contributed by atoms with Gasteiger partial charge in [-0.3, -0.25) is 4.79 Å². The fourth-order valence-electron chi connectivity index (χ4n) is 1.70. The lowest BCUT2D eigenvalue weighted by atomic mass is 10.1. The highest BCUT2D eigenvalue weighted by atomic mass is 16.2. The van der Waals surface area contributed by atoms with Gasteiger partial charge in [-0.1, -0.05) is 48.6 Å². The van der Waals surface area contributed by atoms with Crippen LogP contribution in [0, 0.1) is 0 Å². The van der Waals surface area contributed by atoms with Crippen LogP contribution in [0.2, 0.25) is 0 Å². The summed E-state index contributed by atoms with van der Waals surface area (Å²) in [6.07, 6.45) is 12.0. The average molecular weight is 257 g/mol. The maximum atomic E-state index is 11.2. The molecular formula is C17H23NO. The largest absolute Gasteiger partial charge is 0.345 e. The van der Waals surface area contributed by atoms with Crippen molar-refractivity contribution in [3.05, 3.63) is 60.2 Å². The SMILES string of the molecule is CN(C)C(=O)C=CC=CCCCCc1ccccc1. The van der Waals surface area contributed by atoms with Crippen LogP contribution in [0.1, 0.15) is 24.8 Å². The van der Waals surface area contributed by atoms with E-state index in [1.807, 2.05) is 12.1 Å². The van der Waals surface area contributed by atoms with Gasteiger partial charge < -0.3 is 4.90 Å². The summed E-state index contributed by atoms with van der Waals surface area (Å²) < 4.78 is 0. The molecule has 0 radical (unpaired) electrons. The second kappa shape index (κ2) is 9.15. The number of amides is 1. The van der Waals surface area contributed by atoms with Crippen LogP contribution in [-0.2, 0) is 11.2 Å². The van der Waals surface area contributed by atoms with Crippen LogP contribution in [0.25, 0.3) is 0 Å². The molecule has 2 heteroatoms. The number of unbranched alkanes of at least 4 members (excludes halogenated alkanes) is 2. The van der Waals surface area contributed by atoms with Crippen LogP contribution in [0.15, 0.2) is 54.6 Å². The first-order valence-electron chi connectivity index (χ1n) is 6.78. The van der Waals surface area contributed by atoms with Gasteiger partial charge in [0.25, 0.3) is 0 Å². The molecule has 0 heterocycles. The Labute approximate surface area is 116 Å². The molecular weight excluding hydrogens is 234 g/mol. The summed E-state index contributed by atoms with van der Waals surface area (Å²) in [4.78, 5) is 12.8. The lowest BCUT2D eigenvalue weighted by Crippen LogP contribution is -2.18. The number of hydrogen-bond acceptors (Lipinski definition) is 1. The van der Waals surface area contributed by atoms with Crippen LogP contribution < -0.4 is 0 Å². The number of allylic oxidation sites excluding steroid dienone is 3. The molecule has 0 aliphatic carbocycles. The topological polar surface area (TPSA) is 20.3 Å². The smallest absolute Gasteiger partial charge is 0.246 e. The van der Waals surface area contributed by atoms with Gasteiger partial charge in [0.05, 0.1) is 0 Å². The molecule has 0 N–H and O–H groups in total. The van der Waals surface area contributed by atoms with Crippen molar-refractivity contribution in [2.45, 2.75) is 25.7 Å². The van der Waals surface area contributed by atoms with Crippen molar-refractivity contribution in [2.75, 3.05) is 14.1 Å². The summed E-state index contributed by atoms with van der Waals surface area (Å²) in [6, 6.07) is 10.6. The Morgan fingerprint density at radius 1 is 1.11 bits per heavy atom. The van der Waals surface area contributed by atoms with E-state index in [1.54, 1.807) is 31.1 Å². The first-order valence-corrected chi connectivity index (χ1v) is 6.78. The van der Waals surface area contributed by atoms with Crippen LogP contribution in [0.4, 0.5) is 0 Å². The predicted octanol–water partition coefficient (Wildman–Crippen LogP) is 3.60. The summed E-state index contributed by atoms with van der Waals surface area (Å²) in [7, 11) is 3.50. The molecule has 2 nitrogen and oxygen atoms in total. The Morgan fingerprint density at radius 2 is 1.84 bits per heavy atom. The Bertz CT molecular complexity index is 418. The van der Waals surface area contributed by atoms with Crippen LogP contribution in [-0.4, -0.2) is 24.9 Å². The molecule has 0 spiro atoms. The number of aryl methyl sites for hydroxylation is 1. The zero-order valence-electron chi connectivity index (χ0n) is 11.9. The summed E-state index contributed by atoms with van der Waals surface area (Å²) in [5.74, 6) is 0.0220. The number of carbonyl (C=O) groups is 1. The van der Waals surface area contributed by atoms with Gasteiger partial charge in [0, 0.05) is 20.2 Å². The van der Waals surface area contributed by atoms with Crippen molar-refractivity contribution in [3.8, 4) is 0 Å². The third-order valence-electron chi connectivity index (χ3n) is 2.86. The summed E-state index contributed by atoms with van der Waals surface area (Å²) in [5.41, 5.74) is 1.41. The van der Waals surface area contributed by atoms with E-state index < -0.39 is 0 Å². The Kier molecular flexibility index (Phi) is 7.33. The fraction of sp³-hybridized carbons (Fsp3) is 0.353. The van der Waals surface area contributed by atoms with Gasteiger partial charge in [0.2, 0.25) is 5.91 Å². The molecule has 1 amide bonds. The van der Waals surface area contributed by atoms with Crippen molar-refractivity contribution in [1.82, 2.24) is 4.90 Å². The Hall–Kier alpha value is -1.83. The second-order valence-corrected chi connectivity index (χ2v) is 4.75. The van der Waals surface area contributed by atoms with Crippen molar-refractivity contribution in [1.29, 1.82) is 0 Å². The minimum absolute atomic E-state index is 0.0220. The molecule has 102 valence electrons. The molecule has 0 bridgehead atoms. The summed E-state index contributed by atoms with van der Waals surface area (Å²) >= 11 is 0. The van der Waals surface area contributed by atoms with Crippen molar-refractivity contribution in [2.24, 2.45) is 0 Å². The molecule has 1 aromatic carbocycles. The second-order valence-electron chi connectivity index (χ2n) is 4.75. The number of nitrogens with zero attached hydrogens (tertiary/aromatic N) is 1. The molecule has 0 saturated carbocycles. The monoisotopic (exact) mass is 257 g/mol. The van der Waals surface area contributed by atoms with E-state index in [4.69, 9.17) is 0 Å². The molecule has 0 aromatic heterocycles. The zero-order chi connectivity index (χ0) is 13.9. The van der Waals surface area contributed by atoms with Gasteiger partial charge in [-0.2, -0.15) is 0 Å². The normalized spacial score (nSPS) is 11.3. The van der Waals surface area contributed by atoms with E-state index in [0.29, 0.717) is 0 Å². The highest BCUT2D eigenvalue weighted by Crippen LogP contribution is 2.06. The first-order chi connectivity index (χ1) is 9.20. The van der Waals surface area contributed by atoms with Crippen molar-refractivity contribution >= 4 is 5.91 Å². The van der Waals surface area contributed by atoms with Crippen molar-refractivity contribution < 1.29 is 4.79 Å². The molecule has 0 aliphatic rings. The molecule has 0 fully saturated rings. The van der Waals surface area contributed by atoms with E-state index in [-0.39, 0.29) is 5.91 Å². The van der Waals surface area contributed by atoms with E-state index in [0.717, 1.165) is 12.8 Å². The Morgan fingerprint density at radius 3 is 2.53 bits per heavy atom. The molecule has 19 heavy (non-hydrogen) atoms. The number of benzene rings is 1. The number of carbonyl (C=O) groups excluding carboxylic acids is 1. The highest BCUT2D eigenvalue weighted by molar-refractivity contribution is 5.87. The lowest BCUT2D eigenvalue weighted by Gasteiger charge is -2.04. The van der Waals surface area contributed by atoms with Crippen molar-refractivity contribution in [3.63, 3.8) is 0 Å². The predicted molar refractivity (Wildman–Crippen MR) is 81.0 cm³/mol. The Balaban J connectivity index is 2.09. The maximum absolute atomic E-state index is 11.2. The molecule has 0 unspecified atom stereocenters. The van der Waals surface area contributed by atoms with E-state index in [1.165, 1.54) is 18.4 Å². The minimum atomic E-state index is 0.0220. The van der Waals surface area contributed by atoms with Gasteiger partial charge in [-0.05, 0) is 31.2 Å². The highest BCUT2D eigenvalue weighted by Gasteiger charge is 1.94. The van der Waals surface area contributed by atoms with Crippen LogP contribution in [0.5, 0.6) is 0 Å². The van der Waals surface area contributed by atoms with E-state index in [9.17, 15) is 4.79 Å². The molecule has 1 rings (SSSR count). The fourth-order valence-corrected chi connectivity index (χ4v) is 1.70. The maximum Gasteiger partial charge on any atom is 0.246 e. The number of likely N-dealkylation sites (N-methyl/N-ethyl adjacent to an activating group) is 1.